The number of hydrogen-bond acceptors (Lipinski definition) is 19. The van der Waals surface area contributed by atoms with Gasteiger partial charge in [-0.25, -0.2) is 30.0 Å². The number of aromatic hydroxyl groups is 2. The zero-order chi connectivity index (χ0) is 38.6. The van der Waals surface area contributed by atoms with Crippen LogP contribution in [0.4, 0.5) is 22.7 Å². The lowest BCUT2D eigenvalue weighted by Crippen LogP contribution is -2.16. The zero-order valence-electron chi connectivity index (χ0n) is 24.8. The molecule has 3 aromatic carbocycles. The third-order valence-corrected chi connectivity index (χ3v) is 11.1. The van der Waals surface area contributed by atoms with Gasteiger partial charge >= 0.3 is 26.8 Å². The largest absolute Gasteiger partial charge is 0.505 e. The van der Waals surface area contributed by atoms with E-state index in [1.807, 2.05) is 0 Å². The lowest BCUT2D eigenvalue weighted by molar-refractivity contribution is 0.0696. The number of aromatic carboxylic acids is 1. The van der Waals surface area contributed by atoms with Crippen molar-refractivity contribution >= 4 is 79.3 Å². The molecule has 0 spiro atoms. The molecule has 23 nitrogen and oxygen atoms in total. The second-order valence-electron chi connectivity index (χ2n) is 9.43. The van der Waals surface area contributed by atoms with Gasteiger partial charge < -0.3 is 15.3 Å². The van der Waals surface area contributed by atoms with Crippen LogP contribution >= 0.6 is 0 Å². The van der Waals surface area contributed by atoms with Crippen molar-refractivity contribution < 1.29 is 84.2 Å². The number of hydrogen-bond donors (Lipinski definition) is 6. The van der Waals surface area contributed by atoms with Crippen molar-refractivity contribution in [3.05, 3.63) is 54.1 Å². The van der Waals surface area contributed by atoms with E-state index in [0.717, 1.165) is 30.3 Å². The van der Waals surface area contributed by atoms with Gasteiger partial charge in [0.25, 0.3) is 10.1 Å². The minimum absolute atomic E-state index is 0.132. The van der Waals surface area contributed by atoms with Gasteiger partial charge in [0, 0.05) is 0 Å². The Morgan fingerprint density at radius 2 is 1.12 bits per heavy atom. The Balaban J connectivity index is 1.98. The van der Waals surface area contributed by atoms with Crippen molar-refractivity contribution in [3.8, 4) is 11.5 Å². The average molecular weight is 819 g/mol. The van der Waals surface area contributed by atoms with E-state index in [-0.39, 0.29) is 10.6 Å². The molecule has 0 fully saturated rings. The first-order valence-electron chi connectivity index (χ1n) is 12.9. The van der Waals surface area contributed by atoms with Gasteiger partial charge in [-0.2, -0.15) is 30.4 Å². The van der Waals surface area contributed by atoms with Crippen molar-refractivity contribution in [1.29, 1.82) is 0 Å². The molecule has 278 valence electrons. The summed E-state index contributed by atoms with van der Waals surface area (Å²) >= 11 is 0. The van der Waals surface area contributed by atoms with Gasteiger partial charge in [0.1, 0.15) is 22.0 Å². The molecule has 0 heterocycles. The molecular formula is C23H22N4O19S5. The second-order valence-corrected chi connectivity index (χ2v) is 17.2. The lowest BCUT2D eigenvalue weighted by atomic mass is 10.1. The molecule has 0 aliphatic heterocycles. The van der Waals surface area contributed by atoms with Gasteiger partial charge in [0.2, 0.25) is 0 Å². The number of carbonyl (C=O) groups is 1. The van der Waals surface area contributed by atoms with Crippen LogP contribution in [0.15, 0.2) is 83.7 Å². The first-order valence-corrected chi connectivity index (χ1v) is 20.3. The SMILES string of the molecule is O=C(O)c1cc(O)c(N=Nc2ccc(S(=O)(=O)CCOS(=O)(=O)O)cc2S(=O)(=O)O)c(O)c1N=Nc1ccc(S(=O)(=O)CCOS(=O)(=O)O)cc1. The molecule has 0 atom stereocenters. The summed E-state index contributed by atoms with van der Waals surface area (Å²) in [5.74, 6) is -5.92. The molecule has 0 aliphatic rings. The van der Waals surface area contributed by atoms with Gasteiger partial charge in [-0.15, -0.1) is 15.3 Å². The predicted octanol–water partition coefficient (Wildman–Crippen LogP) is 2.06. The minimum atomic E-state index is -5.27. The smallest absolute Gasteiger partial charge is 0.397 e. The molecule has 0 saturated heterocycles. The minimum Gasteiger partial charge on any atom is -0.505 e. The molecule has 28 heteroatoms. The molecule has 0 bridgehead atoms. The van der Waals surface area contributed by atoms with Gasteiger partial charge in [0.15, 0.2) is 31.1 Å². The molecule has 0 unspecified atom stereocenters. The molecule has 51 heavy (non-hydrogen) atoms. The number of rotatable bonds is 16. The summed E-state index contributed by atoms with van der Waals surface area (Å²) in [6.45, 7) is -1.97. The van der Waals surface area contributed by atoms with Gasteiger partial charge in [-0.3, -0.25) is 13.7 Å². The number of phenols is 2. The highest BCUT2D eigenvalue weighted by Crippen LogP contribution is 2.47. The molecule has 0 aliphatic carbocycles. The van der Waals surface area contributed by atoms with Gasteiger partial charge in [0.05, 0.1) is 45.8 Å². The van der Waals surface area contributed by atoms with E-state index in [2.05, 4.69) is 28.8 Å². The number of phenolic OH excluding ortho intramolecular Hbond substituents is 2. The average Bonchev–Trinajstić information content (AvgIpc) is 2.98. The maximum atomic E-state index is 12.5. The highest BCUT2D eigenvalue weighted by molar-refractivity contribution is 7.92. The Hall–Kier alpha value is -4.52. The monoisotopic (exact) mass is 818 g/mol. The second kappa shape index (κ2) is 15.4. The van der Waals surface area contributed by atoms with E-state index >= 15 is 0 Å². The summed E-state index contributed by atoms with van der Waals surface area (Å²) in [7, 11) is -23.8. The molecule has 0 radical (unpaired) electrons. The van der Waals surface area contributed by atoms with Crippen LogP contribution in [0.3, 0.4) is 0 Å². The van der Waals surface area contributed by atoms with Crippen LogP contribution in [-0.2, 0) is 59.0 Å². The van der Waals surface area contributed by atoms with Crippen LogP contribution in [0.5, 0.6) is 11.5 Å². The highest BCUT2D eigenvalue weighted by atomic mass is 32.3. The third kappa shape index (κ3) is 11.5. The van der Waals surface area contributed by atoms with Crippen LogP contribution in [0.2, 0.25) is 0 Å². The van der Waals surface area contributed by atoms with Gasteiger partial charge in [-0.1, -0.05) is 0 Å². The number of carboxylic acids is 1. The number of nitrogens with zero attached hydrogens (tertiary/aromatic N) is 4. The molecule has 0 amide bonds. The number of azo groups is 2. The quantitative estimate of drug-likeness (QED) is 0.0889. The summed E-state index contributed by atoms with van der Waals surface area (Å²) in [6.07, 6.45) is 0. The molecular weight excluding hydrogens is 797 g/mol. The Morgan fingerprint density at radius 1 is 0.627 bits per heavy atom. The summed E-state index contributed by atoms with van der Waals surface area (Å²) in [5.41, 5.74) is -3.54. The number of carboxylic acid groups (broad SMARTS) is 1. The normalized spacial score (nSPS) is 13.2. The Bertz CT molecular complexity index is 2460. The van der Waals surface area contributed by atoms with E-state index < -0.39 is 125 Å². The van der Waals surface area contributed by atoms with Crippen LogP contribution in [0, 0.1) is 0 Å². The summed E-state index contributed by atoms with van der Waals surface area (Å²) in [4.78, 5) is 9.50. The molecule has 0 saturated carbocycles. The standard InChI is InChI=1S/C23H22N4O19S5/c28-18-12-16(23(30)31)20(26-24-13-1-3-14(4-2-13)47(32,33)9-7-45-50(39,40)41)22(29)21(18)27-25-17-6-5-15(11-19(17)49(36,37)38)48(34,35)10-8-46-51(42,43)44/h1-6,11-12,28-29H,7-10H2,(H,30,31)(H,36,37,38)(H,39,40,41)(H,42,43,44). The van der Waals surface area contributed by atoms with E-state index in [0.29, 0.717) is 18.2 Å². The number of benzene rings is 3. The van der Waals surface area contributed by atoms with Crippen LogP contribution in [0.1, 0.15) is 10.4 Å². The van der Waals surface area contributed by atoms with Crippen molar-refractivity contribution in [1.82, 2.24) is 0 Å². The Labute approximate surface area is 288 Å². The van der Waals surface area contributed by atoms with E-state index in [1.165, 1.54) is 0 Å². The maximum absolute atomic E-state index is 12.5. The zero-order valence-corrected chi connectivity index (χ0v) is 28.9. The van der Waals surface area contributed by atoms with E-state index in [1.54, 1.807) is 0 Å². The van der Waals surface area contributed by atoms with Crippen LogP contribution in [-0.4, -0.2) is 102 Å². The molecule has 6 N–H and O–H groups in total. The molecule has 3 rings (SSSR count). The fourth-order valence-corrected chi connectivity index (χ4v) is 7.36. The molecule has 3 aromatic rings. The van der Waals surface area contributed by atoms with Crippen LogP contribution < -0.4 is 0 Å². The predicted molar refractivity (Wildman–Crippen MR) is 167 cm³/mol. The summed E-state index contributed by atoms with van der Waals surface area (Å²) < 4.78 is 151. The first kappa shape index (κ1) is 40.9. The summed E-state index contributed by atoms with van der Waals surface area (Å²) in [5, 5.41) is 44.9. The Morgan fingerprint density at radius 3 is 1.61 bits per heavy atom. The third-order valence-electron chi connectivity index (χ3n) is 5.91. The van der Waals surface area contributed by atoms with Crippen molar-refractivity contribution in [3.63, 3.8) is 0 Å². The van der Waals surface area contributed by atoms with Crippen molar-refractivity contribution in [2.45, 2.75) is 14.7 Å². The molecule has 0 aromatic heterocycles. The van der Waals surface area contributed by atoms with E-state index in [9.17, 15) is 66.8 Å². The van der Waals surface area contributed by atoms with Crippen molar-refractivity contribution in [2.24, 2.45) is 20.5 Å². The highest BCUT2D eigenvalue weighted by Gasteiger charge is 2.25. The first-order chi connectivity index (χ1) is 23.3. The lowest BCUT2D eigenvalue weighted by Gasteiger charge is -2.09. The van der Waals surface area contributed by atoms with E-state index in [4.69, 9.17) is 9.11 Å². The fourth-order valence-electron chi connectivity index (χ4n) is 3.64. The maximum Gasteiger partial charge on any atom is 0.397 e. The van der Waals surface area contributed by atoms with Crippen molar-refractivity contribution in [2.75, 3.05) is 24.7 Å². The number of sulfone groups is 2. The van der Waals surface area contributed by atoms with Gasteiger partial charge in [-0.05, 0) is 48.5 Å². The summed E-state index contributed by atoms with van der Waals surface area (Å²) in [6, 6.07) is 6.55. The van der Waals surface area contributed by atoms with Crippen LogP contribution in [0.25, 0.3) is 0 Å². The fraction of sp³-hybridized carbons (Fsp3) is 0.174. The topological polar surface area (TPSA) is 377 Å². The Kier molecular flexibility index (Phi) is 12.3.